The van der Waals surface area contributed by atoms with E-state index in [2.05, 4.69) is 28.9 Å². The molecule has 0 spiro atoms. The number of fused-ring (bicyclic) bond motifs is 2. The van der Waals surface area contributed by atoms with Crippen molar-refractivity contribution >= 4 is 39.3 Å². The fourth-order valence-corrected chi connectivity index (χ4v) is 5.32. The average molecular weight is 429 g/mol. The van der Waals surface area contributed by atoms with Gasteiger partial charge in [0.15, 0.2) is 10.9 Å². The van der Waals surface area contributed by atoms with Crippen LogP contribution in [-0.4, -0.2) is 34.1 Å². The number of rotatable bonds is 3. The average Bonchev–Trinajstić information content (AvgIpc) is 3.26. The molecule has 9 heteroatoms. The Kier molecular flexibility index (Phi) is 4.32. The van der Waals surface area contributed by atoms with E-state index in [1.165, 1.54) is 22.7 Å². The molecule has 0 amide bonds. The van der Waals surface area contributed by atoms with Crippen LogP contribution in [0.15, 0.2) is 18.2 Å². The zero-order valence-electron chi connectivity index (χ0n) is 16.4. The van der Waals surface area contributed by atoms with Crippen LogP contribution in [0.25, 0.3) is 0 Å². The van der Waals surface area contributed by atoms with E-state index in [1.807, 2.05) is 25.1 Å². The van der Waals surface area contributed by atoms with Gasteiger partial charge in [0.05, 0.1) is 22.8 Å². The molecule has 3 heterocycles. The topological polar surface area (TPSA) is 77.4 Å². The van der Waals surface area contributed by atoms with Crippen LogP contribution >= 0.6 is 22.7 Å². The minimum atomic E-state index is -0.0424. The summed E-state index contributed by atoms with van der Waals surface area (Å²) < 4.78 is 11.7. The highest BCUT2D eigenvalue weighted by Gasteiger charge is 2.35. The fourth-order valence-electron chi connectivity index (χ4n) is 3.70. The molecule has 0 unspecified atom stereocenters. The first-order valence-electron chi connectivity index (χ1n) is 9.43. The summed E-state index contributed by atoms with van der Waals surface area (Å²) in [4.78, 5) is 20.3. The van der Waals surface area contributed by atoms with Crippen LogP contribution in [0.4, 0.5) is 10.8 Å². The molecule has 29 heavy (non-hydrogen) atoms. The van der Waals surface area contributed by atoms with Gasteiger partial charge in [-0.25, -0.2) is 4.98 Å². The molecule has 0 bridgehead atoms. The van der Waals surface area contributed by atoms with Gasteiger partial charge in [-0.1, -0.05) is 41.6 Å². The number of hydrogen-bond acceptors (Lipinski definition) is 9. The number of thiazole rings is 1. The Morgan fingerprint density at radius 3 is 2.86 bits per heavy atom. The Bertz CT molecular complexity index is 1110. The number of aryl methyl sites for hydroxylation is 1. The third-order valence-corrected chi connectivity index (χ3v) is 6.84. The first-order chi connectivity index (χ1) is 13.9. The molecule has 2 aliphatic rings. The number of nitrogens with zero attached hydrogens (tertiary/aromatic N) is 4. The van der Waals surface area contributed by atoms with Crippen molar-refractivity contribution in [3.05, 3.63) is 33.8 Å². The fraction of sp³-hybridized carbons (Fsp3) is 0.400. The monoisotopic (exact) mass is 428 g/mol. The zero-order valence-corrected chi connectivity index (χ0v) is 18.0. The number of carbonyl (C=O) groups excluding carboxylic acids is 1. The summed E-state index contributed by atoms with van der Waals surface area (Å²) in [6.07, 6.45) is 1.39. The Hall–Kier alpha value is -2.52. The quantitative estimate of drug-likeness (QED) is 0.594. The van der Waals surface area contributed by atoms with Gasteiger partial charge in [0.1, 0.15) is 23.1 Å². The second-order valence-corrected chi connectivity index (χ2v) is 10.2. The molecule has 2 aromatic heterocycles. The van der Waals surface area contributed by atoms with Crippen molar-refractivity contribution in [1.82, 2.24) is 15.2 Å². The molecule has 1 aliphatic carbocycles. The summed E-state index contributed by atoms with van der Waals surface area (Å²) >= 11 is 2.87. The molecule has 5 rings (SSSR count). The van der Waals surface area contributed by atoms with E-state index in [4.69, 9.17) is 14.5 Å². The number of anilines is 2. The molecule has 150 valence electrons. The Morgan fingerprint density at radius 2 is 2.07 bits per heavy atom. The molecular formula is C20H20N4O3S2. The van der Waals surface area contributed by atoms with Crippen molar-refractivity contribution in [3.63, 3.8) is 0 Å². The smallest absolute Gasteiger partial charge is 0.299 e. The molecule has 0 radical (unpaired) electrons. The summed E-state index contributed by atoms with van der Waals surface area (Å²) in [7, 11) is 0. The first-order valence-corrected chi connectivity index (χ1v) is 11.1. The summed E-state index contributed by atoms with van der Waals surface area (Å²) in [5.74, 6) is 1.63. The lowest BCUT2D eigenvalue weighted by Gasteiger charge is -2.29. The molecule has 0 saturated heterocycles. The molecular weight excluding hydrogens is 408 g/mol. The van der Waals surface area contributed by atoms with Crippen molar-refractivity contribution < 1.29 is 14.3 Å². The maximum Gasteiger partial charge on any atom is 0.299 e. The lowest BCUT2D eigenvalue weighted by Crippen LogP contribution is -2.28. The van der Waals surface area contributed by atoms with E-state index in [9.17, 15) is 4.79 Å². The van der Waals surface area contributed by atoms with Crippen molar-refractivity contribution in [2.45, 2.75) is 33.6 Å². The third-order valence-electron chi connectivity index (χ3n) is 4.96. The Morgan fingerprint density at radius 1 is 1.21 bits per heavy atom. The highest BCUT2D eigenvalue weighted by atomic mass is 32.1. The van der Waals surface area contributed by atoms with Crippen LogP contribution in [-0.2, 0) is 6.42 Å². The number of hydrogen-bond donors (Lipinski definition) is 0. The maximum absolute atomic E-state index is 12.6. The van der Waals surface area contributed by atoms with Crippen LogP contribution in [0.3, 0.4) is 0 Å². The molecule has 3 aromatic rings. The van der Waals surface area contributed by atoms with E-state index in [0.717, 1.165) is 38.6 Å². The highest BCUT2D eigenvalue weighted by Crippen LogP contribution is 2.44. The van der Waals surface area contributed by atoms with Gasteiger partial charge in [0, 0.05) is 12.5 Å². The van der Waals surface area contributed by atoms with Crippen LogP contribution in [0.2, 0.25) is 0 Å². The predicted octanol–water partition coefficient (Wildman–Crippen LogP) is 4.78. The Labute approximate surface area is 176 Å². The number of carbonyl (C=O) groups is 1. The minimum Gasteiger partial charge on any atom is -0.490 e. The van der Waals surface area contributed by atoms with Crippen LogP contribution < -0.4 is 14.4 Å². The standard InChI is InChI=1S/C20H20N4O3S2/c1-11-22-23-19(28-11)27-12-4-5-16-14(8-12)24(6-7-26-16)18-21-13-9-20(2,3)10-15(25)17(13)29-18/h4-5,8H,6-7,9-10H2,1-3H3. The molecule has 0 saturated carbocycles. The van der Waals surface area contributed by atoms with Crippen molar-refractivity contribution in [2.75, 3.05) is 18.1 Å². The largest absolute Gasteiger partial charge is 0.490 e. The van der Waals surface area contributed by atoms with E-state index in [-0.39, 0.29) is 11.2 Å². The predicted molar refractivity (Wildman–Crippen MR) is 112 cm³/mol. The van der Waals surface area contributed by atoms with Crippen LogP contribution in [0, 0.1) is 12.3 Å². The van der Waals surface area contributed by atoms with Gasteiger partial charge in [-0.3, -0.25) is 4.79 Å². The number of ketones is 1. The SMILES string of the molecule is Cc1nnc(Oc2ccc3c(c2)N(c2nc4c(s2)C(=O)CC(C)(C)C4)CCO3)s1. The number of Topliss-reactive ketones (excluding diaryl/α,β-unsaturated/α-hetero) is 1. The van der Waals surface area contributed by atoms with E-state index < -0.39 is 0 Å². The van der Waals surface area contributed by atoms with Gasteiger partial charge in [-0.05, 0) is 30.9 Å². The van der Waals surface area contributed by atoms with E-state index in [1.54, 1.807) is 0 Å². The van der Waals surface area contributed by atoms with Crippen LogP contribution in [0.1, 0.15) is 40.6 Å². The second kappa shape index (κ2) is 6.77. The molecule has 7 nitrogen and oxygen atoms in total. The van der Waals surface area contributed by atoms with Gasteiger partial charge in [0.2, 0.25) is 0 Å². The highest BCUT2D eigenvalue weighted by molar-refractivity contribution is 7.17. The summed E-state index contributed by atoms with van der Waals surface area (Å²) in [5, 5.41) is 10.2. The Balaban J connectivity index is 1.49. The lowest BCUT2D eigenvalue weighted by molar-refractivity contribution is 0.0916. The normalized spacial score (nSPS) is 17.5. The molecule has 1 aliphatic heterocycles. The van der Waals surface area contributed by atoms with Crippen molar-refractivity contribution in [3.8, 4) is 16.7 Å². The van der Waals surface area contributed by atoms with Gasteiger partial charge in [-0.2, -0.15) is 0 Å². The van der Waals surface area contributed by atoms with Gasteiger partial charge in [-0.15, -0.1) is 5.10 Å². The molecule has 0 atom stereocenters. The second-order valence-electron chi connectivity index (χ2n) is 8.03. The van der Waals surface area contributed by atoms with E-state index in [0.29, 0.717) is 30.5 Å². The zero-order chi connectivity index (χ0) is 20.2. The van der Waals surface area contributed by atoms with Crippen molar-refractivity contribution in [1.29, 1.82) is 0 Å². The molecule has 0 N–H and O–H groups in total. The van der Waals surface area contributed by atoms with E-state index >= 15 is 0 Å². The number of ether oxygens (including phenoxy) is 2. The molecule has 0 fully saturated rings. The maximum atomic E-state index is 12.6. The summed E-state index contributed by atoms with van der Waals surface area (Å²) in [6, 6.07) is 5.68. The third kappa shape index (κ3) is 3.49. The summed E-state index contributed by atoms with van der Waals surface area (Å²) in [6.45, 7) is 7.36. The minimum absolute atomic E-state index is 0.0424. The van der Waals surface area contributed by atoms with Gasteiger partial charge < -0.3 is 14.4 Å². The van der Waals surface area contributed by atoms with Crippen LogP contribution in [0.5, 0.6) is 16.7 Å². The number of benzene rings is 1. The first kappa shape index (κ1) is 18.5. The summed E-state index contributed by atoms with van der Waals surface area (Å²) in [5.41, 5.74) is 1.75. The van der Waals surface area contributed by atoms with Crippen molar-refractivity contribution in [2.24, 2.45) is 5.41 Å². The molecule has 1 aromatic carbocycles. The van der Waals surface area contributed by atoms with Gasteiger partial charge in [0.25, 0.3) is 5.19 Å². The number of aromatic nitrogens is 3. The van der Waals surface area contributed by atoms with Gasteiger partial charge >= 0.3 is 0 Å². The lowest BCUT2D eigenvalue weighted by atomic mass is 9.78.